The quantitative estimate of drug-likeness (QED) is 0.701. The highest BCUT2D eigenvalue weighted by molar-refractivity contribution is 7.16. The molecule has 0 radical (unpaired) electrons. The predicted octanol–water partition coefficient (Wildman–Crippen LogP) is 4.81. The molecule has 0 spiro atoms. The van der Waals surface area contributed by atoms with E-state index in [9.17, 15) is 0 Å². The van der Waals surface area contributed by atoms with Crippen molar-refractivity contribution in [2.75, 3.05) is 19.8 Å². The maximum absolute atomic E-state index is 6.05. The number of ether oxygens (including phenoxy) is 1. The van der Waals surface area contributed by atoms with E-state index in [1.54, 1.807) is 22.7 Å². The summed E-state index contributed by atoms with van der Waals surface area (Å²) in [5.41, 5.74) is 0. The van der Waals surface area contributed by atoms with Gasteiger partial charge in [-0.15, -0.1) is 22.7 Å². The Balaban J connectivity index is 1.91. The van der Waals surface area contributed by atoms with Crippen molar-refractivity contribution in [3.8, 4) is 0 Å². The average molecular weight is 330 g/mol. The van der Waals surface area contributed by atoms with Gasteiger partial charge in [0, 0.05) is 22.9 Å². The zero-order valence-corrected chi connectivity index (χ0v) is 14.2. The Hall–Kier alpha value is -0.390. The summed E-state index contributed by atoms with van der Waals surface area (Å²) in [5.74, 6) is 0.583. The number of halogens is 1. The number of thiophene rings is 2. The minimum absolute atomic E-state index is 0.218. The molecule has 2 nitrogen and oxygen atoms in total. The lowest BCUT2D eigenvalue weighted by Gasteiger charge is -2.16. The van der Waals surface area contributed by atoms with Crippen molar-refractivity contribution in [3.05, 3.63) is 43.7 Å². The van der Waals surface area contributed by atoms with Gasteiger partial charge in [0.15, 0.2) is 0 Å². The molecule has 0 saturated heterocycles. The van der Waals surface area contributed by atoms with Gasteiger partial charge < -0.3 is 10.1 Å². The van der Waals surface area contributed by atoms with Crippen LogP contribution in [0.3, 0.4) is 0 Å². The molecular weight excluding hydrogens is 310 g/mol. The van der Waals surface area contributed by atoms with E-state index in [1.807, 2.05) is 6.07 Å². The second kappa shape index (κ2) is 8.15. The zero-order chi connectivity index (χ0) is 14.4. The minimum atomic E-state index is 0.218. The normalized spacial score (nSPS) is 13.0. The molecule has 1 unspecified atom stereocenters. The Morgan fingerprint density at radius 3 is 2.70 bits per heavy atom. The Morgan fingerprint density at radius 2 is 2.10 bits per heavy atom. The lowest BCUT2D eigenvalue weighted by atomic mass is 10.2. The van der Waals surface area contributed by atoms with Crippen LogP contribution in [0.25, 0.3) is 0 Å². The Labute approximate surface area is 133 Å². The third-order valence-electron chi connectivity index (χ3n) is 2.75. The molecule has 0 fully saturated rings. The van der Waals surface area contributed by atoms with Gasteiger partial charge in [0.05, 0.1) is 17.0 Å². The highest BCUT2D eigenvalue weighted by atomic mass is 35.5. The summed E-state index contributed by atoms with van der Waals surface area (Å²) >= 11 is 9.45. The number of rotatable bonds is 8. The highest BCUT2D eigenvalue weighted by Gasteiger charge is 2.16. The van der Waals surface area contributed by atoms with Gasteiger partial charge >= 0.3 is 0 Å². The highest BCUT2D eigenvalue weighted by Crippen LogP contribution is 2.32. The van der Waals surface area contributed by atoms with E-state index in [0.29, 0.717) is 5.92 Å². The summed E-state index contributed by atoms with van der Waals surface area (Å²) in [7, 11) is 0. The second-order valence-electron chi connectivity index (χ2n) is 5.01. The van der Waals surface area contributed by atoms with Crippen LogP contribution in [-0.2, 0) is 4.74 Å². The summed E-state index contributed by atoms with van der Waals surface area (Å²) in [5, 5.41) is 5.67. The first-order valence-electron chi connectivity index (χ1n) is 6.76. The van der Waals surface area contributed by atoms with E-state index in [0.717, 1.165) is 24.1 Å². The van der Waals surface area contributed by atoms with Crippen LogP contribution in [-0.4, -0.2) is 19.8 Å². The first kappa shape index (κ1) is 16.0. The van der Waals surface area contributed by atoms with Crippen molar-refractivity contribution in [1.29, 1.82) is 0 Å². The molecular formula is C15H20ClNOS2. The van der Waals surface area contributed by atoms with Gasteiger partial charge in [0.2, 0.25) is 0 Å². The third kappa shape index (κ3) is 4.86. The van der Waals surface area contributed by atoms with E-state index in [-0.39, 0.29) is 6.04 Å². The number of nitrogens with one attached hydrogen (secondary N) is 1. The van der Waals surface area contributed by atoms with Crippen molar-refractivity contribution in [2.45, 2.75) is 19.9 Å². The standard InChI is InChI=1S/C15H20ClNOS2/c1-11(2)10-18-8-7-17-15(12-4-3-9-19-12)13-5-6-14(16)20-13/h3-6,9,11,15,17H,7-8,10H2,1-2H3. The molecule has 0 bridgehead atoms. The van der Waals surface area contributed by atoms with E-state index in [2.05, 4.69) is 42.7 Å². The van der Waals surface area contributed by atoms with Crippen LogP contribution in [0.4, 0.5) is 0 Å². The summed E-state index contributed by atoms with van der Waals surface area (Å²) in [6.45, 7) is 6.71. The molecule has 0 aromatic carbocycles. The molecule has 2 heterocycles. The van der Waals surface area contributed by atoms with Gasteiger partial charge in [-0.1, -0.05) is 31.5 Å². The molecule has 20 heavy (non-hydrogen) atoms. The molecule has 2 aromatic rings. The van der Waals surface area contributed by atoms with Gasteiger partial charge in [-0.3, -0.25) is 0 Å². The average Bonchev–Trinajstić information content (AvgIpc) is 3.05. The van der Waals surface area contributed by atoms with Crippen LogP contribution < -0.4 is 5.32 Å². The molecule has 1 N–H and O–H groups in total. The Bertz CT molecular complexity index is 496. The Kier molecular flexibility index (Phi) is 6.52. The largest absolute Gasteiger partial charge is 0.380 e. The summed E-state index contributed by atoms with van der Waals surface area (Å²) in [4.78, 5) is 2.56. The van der Waals surface area contributed by atoms with Crippen LogP contribution in [0.5, 0.6) is 0 Å². The topological polar surface area (TPSA) is 21.3 Å². The fraction of sp³-hybridized carbons (Fsp3) is 0.467. The fourth-order valence-corrected chi connectivity index (χ4v) is 3.92. The molecule has 0 aliphatic heterocycles. The molecule has 0 aliphatic rings. The third-order valence-corrected chi connectivity index (χ3v) is 4.99. The molecule has 0 amide bonds. The fourth-order valence-electron chi connectivity index (χ4n) is 1.87. The van der Waals surface area contributed by atoms with Crippen molar-refractivity contribution in [3.63, 3.8) is 0 Å². The smallest absolute Gasteiger partial charge is 0.0931 e. The van der Waals surface area contributed by atoms with Gasteiger partial charge in [-0.25, -0.2) is 0 Å². The summed E-state index contributed by atoms with van der Waals surface area (Å²) < 4.78 is 6.45. The maximum atomic E-state index is 6.05. The molecule has 2 aromatic heterocycles. The first-order valence-corrected chi connectivity index (χ1v) is 8.84. The van der Waals surface area contributed by atoms with Gasteiger partial charge in [-0.05, 0) is 29.5 Å². The van der Waals surface area contributed by atoms with Crippen molar-refractivity contribution >= 4 is 34.3 Å². The SMILES string of the molecule is CC(C)COCCNC(c1cccs1)c1ccc(Cl)s1. The number of hydrogen-bond acceptors (Lipinski definition) is 4. The molecule has 1 atom stereocenters. The van der Waals surface area contributed by atoms with E-state index >= 15 is 0 Å². The van der Waals surface area contributed by atoms with Crippen molar-refractivity contribution in [2.24, 2.45) is 5.92 Å². The van der Waals surface area contributed by atoms with Crippen LogP contribution in [0, 0.1) is 5.92 Å². The monoisotopic (exact) mass is 329 g/mol. The molecule has 110 valence electrons. The first-order chi connectivity index (χ1) is 9.66. The van der Waals surface area contributed by atoms with E-state index in [1.165, 1.54) is 9.75 Å². The van der Waals surface area contributed by atoms with Gasteiger partial charge in [-0.2, -0.15) is 0 Å². The number of hydrogen-bond donors (Lipinski definition) is 1. The van der Waals surface area contributed by atoms with Gasteiger partial charge in [0.1, 0.15) is 0 Å². The lowest BCUT2D eigenvalue weighted by molar-refractivity contribution is 0.111. The second-order valence-corrected chi connectivity index (χ2v) is 7.74. The maximum Gasteiger partial charge on any atom is 0.0931 e. The van der Waals surface area contributed by atoms with E-state index < -0.39 is 0 Å². The van der Waals surface area contributed by atoms with Gasteiger partial charge in [0.25, 0.3) is 0 Å². The zero-order valence-electron chi connectivity index (χ0n) is 11.8. The van der Waals surface area contributed by atoms with Crippen LogP contribution in [0.15, 0.2) is 29.6 Å². The molecule has 5 heteroatoms. The molecule has 2 rings (SSSR count). The minimum Gasteiger partial charge on any atom is -0.380 e. The van der Waals surface area contributed by atoms with E-state index in [4.69, 9.17) is 16.3 Å². The van der Waals surface area contributed by atoms with Crippen LogP contribution >= 0.6 is 34.3 Å². The van der Waals surface area contributed by atoms with Crippen molar-refractivity contribution in [1.82, 2.24) is 5.32 Å². The molecule has 0 aliphatic carbocycles. The Morgan fingerprint density at radius 1 is 1.25 bits per heavy atom. The van der Waals surface area contributed by atoms with Crippen LogP contribution in [0.2, 0.25) is 4.34 Å². The molecule has 0 saturated carbocycles. The lowest BCUT2D eigenvalue weighted by Crippen LogP contribution is -2.25. The predicted molar refractivity (Wildman–Crippen MR) is 89.2 cm³/mol. The summed E-state index contributed by atoms with van der Waals surface area (Å²) in [6, 6.07) is 8.51. The van der Waals surface area contributed by atoms with Crippen molar-refractivity contribution < 1.29 is 4.74 Å². The van der Waals surface area contributed by atoms with Crippen LogP contribution in [0.1, 0.15) is 29.6 Å². The summed E-state index contributed by atoms with van der Waals surface area (Å²) in [6.07, 6.45) is 0.